The molecule has 1 saturated heterocycles. The fourth-order valence-electron chi connectivity index (χ4n) is 4.29. The van der Waals surface area contributed by atoms with Crippen molar-refractivity contribution >= 4 is 5.97 Å². The Bertz CT molecular complexity index is 398. The van der Waals surface area contributed by atoms with Gasteiger partial charge in [-0.3, -0.25) is 4.79 Å². The number of carboxylic acid groups (broad SMARTS) is 1. The zero-order chi connectivity index (χ0) is 20.0. The van der Waals surface area contributed by atoms with Gasteiger partial charge in [0, 0.05) is 6.42 Å². The second kappa shape index (κ2) is 13.5. The number of unbranched alkanes of at least 4 members (excludes halogenated alkanes) is 13. The predicted molar refractivity (Wildman–Crippen MR) is 111 cm³/mol. The Morgan fingerprint density at radius 3 is 1.59 bits per heavy atom. The average molecular weight is 385 g/mol. The summed E-state index contributed by atoms with van der Waals surface area (Å²) < 4.78 is 0. The van der Waals surface area contributed by atoms with Crippen LogP contribution in [0.4, 0.5) is 0 Å². The zero-order valence-electron chi connectivity index (χ0n) is 18.2. The smallest absolute Gasteiger partial charge is 0.306 e. The lowest BCUT2D eigenvalue weighted by Crippen LogP contribution is -2.30. The molecule has 0 amide bonds. The van der Waals surface area contributed by atoms with E-state index in [0.29, 0.717) is 6.42 Å². The van der Waals surface area contributed by atoms with Crippen LogP contribution in [0.25, 0.3) is 0 Å². The van der Waals surface area contributed by atoms with E-state index < -0.39 is 11.6 Å². The highest BCUT2D eigenvalue weighted by Crippen LogP contribution is 2.40. The lowest BCUT2D eigenvalue weighted by atomic mass is 9.85. The Kier molecular flexibility index (Phi) is 12.3. The molecule has 1 aliphatic heterocycles. The van der Waals surface area contributed by atoms with Crippen molar-refractivity contribution in [3.05, 3.63) is 0 Å². The molecule has 1 rings (SSSR count). The third kappa shape index (κ3) is 11.7. The standard InChI is InChI=1S/C23H44O4/c1-4-5-6-7-8-9-10-11-12-13-14-15-16-17-18-22(2)20-23(3,27-26-22)19-21(24)25/h4-20H2,1-3H3,(H,24,25)/t22-,23-/m0/s1. The van der Waals surface area contributed by atoms with Crippen LogP contribution in [0.15, 0.2) is 0 Å². The van der Waals surface area contributed by atoms with Crippen LogP contribution in [0, 0.1) is 0 Å². The Morgan fingerprint density at radius 1 is 0.741 bits per heavy atom. The largest absolute Gasteiger partial charge is 0.481 e. The van der Waals surface area contributed by atoms with Gasteiger partial charge in [0.1, 0.15) is 11.2 Å². The Morgan fingerprint density at radius 2 is 1.15 bits per heavy atom. The first-order chi connectivity index (χ1) is 12.9. The second-order valence-corrected chi connectivity index (χ2v) is 9.16. The molecule has 1 N–H and O–H groups in total. The minimum Gasteiger partial charge on any atom is -0.481 e. The molecule has 1 heterocycles. The molecule has 0 aliphatic carbocycles. The van der Waals surface area contributed by atoms with E-state index in [1.54, 1.807) is 0 Å². The first-order valence-corrected chi connectivity index (χ1v) is 11.5. The summed E-state index contributed by atoms with van der Waals surface area (Å²) in [6.45, 7) is 6.15. The number of carboxylic acids is 1. The summed E-state index contributed by atoms with van der Waals surface area (Å²) in [5, 5.41) is 8.98. The summed E-state index contributed by atoms with van der Waals surface area (Å²) in [5.41, 5.74) is -1.02. The fraction of sp³-hybridized carbons (Fsp3) is 0.957. The van der Waals surface area contributed by atoms with Crippen molar-refractivity contribution in [1.29, 1.82) is 0 Å². The Hall–Kier alpha value is -0.610. The zero-order valence-corrected chi connectivity index (χ0v) is 18.2. The molecule has 0 bridgehead atoms. The van der Waals surface area contributed by atoms with Crippen molar-refractivity contribution < 1.29 is 19.7 Å². The summed E-state index contributed by atoms with van der Waals surface area (Å²) >= 11 is 0. The quantitative estimate of drug-likeness (QED) is 0.213. The van der Waals surface area contributed by atoms with Gasteiger partial charge in [0.25, 0.3) is 0 Å². The molecule has 0 unspecified atom stereocenters. The van der Waals surface area contributed by atoms with Crippen LogP contribution in [-0.2, 0) is 14.6 Å². The fourth-order valence-corrected chi connectivity index (χ4v) is 4.29. The molecule has 0 aromatic rings. The van der Waals surface area contributed by atoms with Crippen LogP contribution in [0.5, 0.6) is 0 Å². The van der Waals surface area contributed by atoms with Crippen LogP contribution in [0.3, 0.4) is 0 Å². The van der Waals surface area contributed by atoms with Crippen LogP contribution >= 0.6 is 0 Å². The number of aliphatic carboxylic acids is 1. The first-order valence-electron chi connectivity index (χ1n) is 11.5. The summed E-state index contributed by atoms with van der Waals surface area (Å²) in [7, 11) is 0. The summed E-state index contributed by atoms with van der Waals surface area (Å²) in [6.07, 6.45) is 20.6. The molecule has 0 aromatic heterocycles. The van der Waals surface area contributed by atoms with Gasteiger partial charge >= 0.3 is 5.97 Å². The van der Waals surface area contributed by atoms with Gasteiger partial charge in [0.15, 0.2) is 0 Å². The van der Waals surface area contributed by atoms with E-state index in [4.69, 9.17) is 14.9 Å². The van der Waals surface area contributed by atoms with Crippen molar-refractivity contribution in [1.82, 2.24) is 0 Å². The van der Waals surface area contributed by atoms with E-state index in [2.05, 4.69) is 6.92 Å². The van der Waals surface area contributed by atoms with E-state index >= 15 is 0 Å². The first kappa shape index (κ1) is 24.4. The topological polar surface area (TPSA) is 55.8 Å². The lowest BCUT2D eigenvalue weighted by molar-refractivity contribution is -0.345. The number of hydrogen-bond donors (Lipinski definition) is 1. The van der Waals surface area contributed by atoms with Crippen LogP contribution in [0.1, 0.15) is 130 Å². The highest BCUT2D eigenvalue weighted by molar-refractivity contribution is 5.68. The second-order valence-electron chi connectivity index (χ2n) is 9.16. The molecule has 160 valence electrons. The molecule has 1 aliphatic rings. The molecule has 0 spiro atoms. The third-order valence-corrected chi connectivity index (χ3v) is 5.78. The highest BCUT2D eigenvalue weighted by atomic mass is 17.2. The van der Waals surface area contributed by atoms with E-state index in [0.717, 1.165) is 12.8 Å². The number of carbonyl (C=O) groups is 1. The Labute approximate surface area is 167 Å². The predicted octanol–water partition coefficient (Wildman–Crippen LogP) is 7.20. The normalized spacial score (nSPS) is 25.1. The molecule has 4 heteroatoms. The molecule has 4 nitrogen and oxygen atoms in total. The van der Waals surface area contributed by atoms with Gasteiger partial charge in [-0.2, -0.15) is 0 Å². The summed E-state index contributed by atoms with van der Waals surface area (Å²) in [5.74, 6) is -0.832. The molecule has 0 radical (unpaired) electrons. The highest BCUT2D eigenvalue weighted by Gasteiger charge is 2.47. The van der Waals surface area contributed by atoms with Gasteiger partial charge in [-0.25, -0.2) is 9.78 Å². The molecule has 2 atom stereocenters. The van der Waals surface area contributed by atoms with Crippen molar-refractivity contribution in [2.24, 2.45) is 0 Å². The minimum atomic E-state index is -0.832. The SMILES string of the molecule is CCCCCCCCCCCCCCCC[C@@]1(C)C[C@](C)(CC(=O)O)OO1. The number of rotatable bonds is 17. The maximum Gasteiger partial charge on any atom is 0.306 e. The van der Waals surface area contributed by atoms with Gasteiger partial charge in [-0.15, -0.1) is 0 Å². The van der Waals surface area contributed by atoms with Crippen molar-refractivity contribution in [2.75, 3.05) is 0 Å². The maximum atomic E-state index is 10.9. The molecular weight excluding hydrogens is 340 g/mol. The summed E-state index contributed by atoms with van der Waals surface area (Å²) in [6, 6.07) is 0. The molecule has 0 aromatic carbocycles. The van der Waals surface area contributed by atoms with Gasteiger partial charge < -0.3 is 5.11 Å². The van der Waals surface area contributed by atoms with E-state index in [1.165, 1.54) is 83.5 Å². The van der Waals surface area contributed by atoms with Gasteiger partial charge in [-0.05, 0) is 20.3 Å². The monoisotopic (exact) mass is 384 g/mol. The molecular formula is C23H44O4. The molecule has 1 fully saturated rings. The summed E-state index contributed by atoms with van der Waals surface area (Å²) in [4.78, 5) is 21.8. The molecule has 27 heavy (non-hydrogen) atoms. The van der Waals surface area contributed by atoms with Crippen LogP contribution < -0.4 is 0 Å². The maximum absolute atomic E-state index is 10.9. The van der Waals surface area contributed by atoms with Gasteiger partial charge in [0.05, 0.1) is 6.42 Å². The van der Waals surface area contributed by atoms with Crippen LogP contribution in [-0.4, -0.2) is 22.3 Å². The third-order valence-electron chi connectivity index (χ3n) is 5.78. The Balaban J connectivity index is 1.91. The number of hydrogen-bond acceptors (Lipinski definition) is 3. The van der Waals surface area contributed by atoms with E-state index in [9.17, 15) is 4.79 Å². The molecule has 0 saturated carbocycles. The van der Waals surface area contributed by atoms with Gasteiger partial charge in [-0.1, -0.05) is 96.8 Å². The lowest BCUT2D eigenvalue weighted by Gasteiger charge is -2.21. The van der Waals surface area contributed by atoms with Crippen molar-refractivity contribution in [2.45, 2.75) is 141 Å². The van der Waals surface area contributed by atoms with Crippen molar-refractivity contribution in [3.8, 4) is 0 Å². The van der Waals surface area contributed by atoms with Crippen molar-refractivity contribution in [3.63, 3.8) is 0 Å². The van der Waals surface area contributed by atoms with Gasteiger partial charge in [0.2, 0.25) is 0 Å². The van der Waals surface area contributed by atoms with E-state index in [1.807, 2.05) is 13.8 Å². The van der Waals surface area contributed by atoms with Crippen LogP contribution in [0.2, 0.25) is 0 Å². The van der Waals surface area contributed by atoms with E-state index in [-0.39, 0.29) is 12.0 Å². The average Bonchev–Trinajstić information content (AvgIpc) is 2.89. The minimum absolute atomic E-state index is 0.00132.